The van der Waals surface area contributed by atoms with Gasteiger partial charge in [-0.05, 0) is 37.8 Å². The molecular weight excluding hydrogens is 299 g/mol. The Labute approximate surface area is 128 Å². The molecule has 2 rings (SSSR count). The van der Waals surface area contributed by atoms with Crippen LogP contribution in [0, 0.1) is 5.92 Å². The van der Waals surface area contributed by atoms with E-state index in [1.807, 2.05) is 0 Å². The highest BCUT2D eigenvalue weighted by Crippen LogP contribution is 2.31. The Kier molecular flexibility index (Phi) is 4.78. The molecule has 110 valence electrons. The minimum absolute atomic E-state index is 0.159. The zero-order valence-electron chi connectivity index (χ0n) is 11.3. The van der Waals surface area contributed by atoms with Gasteiger partial charge in [0.05, 0.1) is 21.7 Å². The first-order valence-electron chi connectivity index (χ1n) is 6.62. The van der Waals surface area contributed by atoms with Crippen molar-refractivity contribution in [2.45, 2.75) is 25.9 Å². The van der Waals surface area contributed by atoms with Crippen molar-refractivity contribution in [3.8, 4) is 0 Å². The molecule has 0 radical (unpaired) electrons. The maximum Gasteiger partial charge on any atom is 0.255 e. The lowest BCUT2D eigenvalue weighted by molar-refractivity contribution is 0.0521. The summed E-state index contributed by atoms with van der Waals surface area (Å²) >= 11 is 12.0. The first-order chi connectivity index (χ1) is 9.40. The molecule has 1 aromatic carbocycles. The molecule has 0 bridgehead atoms. The number of anilines is 1. The van der Waals surface area contributed by atoms with Gasteiger partial charge >= 0.3 is 0 Å². The van der Waals surface area contributed by atoms with Gasteiger partial charge in [-0.1, -0.05) is 23.2 Å². The van der Waals surface area contributed by atoms with Gasteiger partial charge in [0.2, 0.25) is 0 Å². The lowest BCUT2D eigenvalue weighted by Crippen LogP contribution is -2.40. The summed E-state index contributed by atoms with van der Waals surface area (Å²) < 4.78 is 0. The van der Waals surface area contributed by atoms with Gasteiger partial charge < -0.3 is 15.7 Å². The summed E-state index contributed by atoms with van der Waals surface area (Å²) in [6.07, 6.45) is 1.24. The van der Waals surface area contributed by atoms with Gasteiger partial charge in [0.25, 0.3) is 5.91 Å². The number of aliphatic hydroxyl groups excluding tert-OH is 1. The van der Waals surface area contributed by atoms with E-state index >= 15 is 0 Å². The molecule has 0 saturated carbocycles. The number of amides is 1. The minimum Gasteiger partial charge on any atom is -0.399 e. The monoisotopic (exact) mass is 316 g/mol. The molecule has 1 aliphatic rings. The summed E-state index contributed by atoms with van der Waals surface area (Å²) in [6, 6.07) is 3.08. The summed E-state index contributed by atoms with van der Waals surface area (Å²) in [6.45, 7) is 3.00. The van der Waals surface area contributed by atoms with Crippen LogP contribution in [0.1, 0.15) is 30.1 Å². The highest BCUT2D eigenvalue weighted by Gasteiger charge is 2.27. The molecule has 1 saturated heterocycles. The molecule has 6 heteroatoms. The lowest BCUT2D eigenvalue weighted by atomic mass is 9.92. The smallest absolute Gasteiger partial charge is 0.255 e. The van der Waals surface area contributed by atoms with Crippen molar-refractivity contribution in [3.63, 3.8) is 0 Å². The number of carbonyl (C=O) groups is 1. The van der Waals surface area contributed by atoms with Gasteiger partial charge in [0.1, 0.15) is 0 Å². The third-order valence-electron chi connectivity index (χ3n) is 3.79. The van der Waals surface area contributed by atoms with Gasteiger partial charge in [0, 0.05) is 18.8 Å². The second kappa shape index (κ2) is 6.20. The number of nitrogens with two attached hydrogens (primary N) is 1. The normalized spacial score (nSPS) is 18.1. The van der Waals surface area contributed by atoms with Crippen molar-refractivity contribution in [2.24, 2.45) is 5.92 Å². The molecule has 3 N–H and O–H groups in total. The number of aliphatic hydroxyl groups is 1. The lowest BCUT2D eigenvalue weighted by Gasteiger charge is -2.33. The van der Waals surface area contributed by atoms with E-state index in [1.54, 1.807) is 17.9 Å². The molecule has 0 aromatic heterocycles. The zero-order valence-corrected chi connectivity index (χ0v) is 12.8. The van der Waals surface area contributed by atoms with Crippen LogP contribution in [0.3, 0.4) is 0 Å². The van der Waals surface area contributed by atoms with Crippen molar-refractivity contribution in [1.82, 2.24) is 4.90 Å². The third kappa shape index (κ3) is 3.19. The third-order valence-corrected chi connectivity index (χ3v) is 4.59. The molecule has 1 amide bonds. The number of carbonyl (C=O) groups excluding carboxylic acids is 1. The van der Waals surface area contributed by atoms with Gasteiger partial charge in [-0.15, -0.1) is 0 Å². The Hall–Kier alpha value is -0.970. The van der Waals surface area contributed by atoms with Crippen molar-refractivity contribution in [2.75, 3.05) is 18.8 Å². The quantitative estimate of drug-likeness (QED) is 0.824. The Morgan fingerprint density at radius 3 is 2.55 bits per heavy atom. The van der Waals surface area contributed by atoms with E-state index in [2.05, 4.69) is 0 Å². The van der Waals surface area contributed by atoms with Crippen molar-refractivity contribution in [3.05, 3.63) is 27.7 Å². The summed E-state index contributed by atoms with van der Waals surface area (Å²) in [5, 5.41) is 10.1. The number of piperidine rings is 1. The summed E-state index contributed by atoms with van der Waals surface area (Å²) in [5.74, 6) is 0.0900. The van der Waals surface area contributed by atoms with Crippen LogP contribution in [0.25, 0.3) is 0 Å². The molecule has 0 aliphatic carbocycles. The largest absolute Gasteiger partial charge is 0.399 e. The summed E-state index contributed by atoms with van der Waals surface area (Å²) in [4.78, 5) is 14.2. The number of benzene rings is 1. The van der Waals surface area contributed by atoms with E-state index in [-0.39, 0.29) is 28.0 Å². The fourth-order valence-electron chi connectivity index (χ4n) is 2.52. The van der Waals surface area contributed by atoms with Crippen LogP contribution in [-0.2, 0) is 0 Å². The Bertz CT molecular complexity index is 512. The van der Waals surface area contributed by atoms with Crippen molar-refractivity contribution < 1.29 is 9.90 Å². The highest BCUT2D eigenvalue weighted by atomic mass is 35.5. The standard InChI is InChI=1S/C14H18Cl2N2O2/c1-8(19)9-2-4-18(5-3-9)14(20)11-6-10(17)7-12(15)13(11)16/h6-9,19H,2-5,17H2,1H3. The van der Waals surface area contributed by atoms with E-state index in [0.717, 1.165) is 12.8 Å². The van der Waals surface area contributed by atoms with Crippen molar-refractivity contribution >= 4 is 34.8 Å². The fourth-order valence-corrected chi connectivity index (χ4v) is 2.94. The minimum atomic E-state index is -0.336. The summed E-state index contributed by atoms with van der Waals surface area (Å²) in [7, 11) is 0. The molecular formula is C14H18Cl2N2O2. The van der Waals surface area contributed by atoms with Crippen LogP contribution in [0.5, 0.6) is 0 Å². The van der Waals surface area contributed by atoms with Gasteiger partial charge in [-0.3, -0.25) is 4.79 Å². The Morgan fingerprint density at radius 2 is 2.00 bits per heavy atom. The maximum atomic E-state index is 12.5. The predicted octanol–water partition coefficient (Wildman–Crippen LogP) is 2.81. The molecule has 1 heterocycles. The molecule has 1 atom stereocenters. The number of halogens is 2. The predicted molar refractivity (Wildman–Crippen MR) is 81.2 cm³/mol. The van der Waals surface area contributed by atoms with Crippen LogP contribution < -0.4 is 5.73 Å². The average molecular weight is 317 g/mol. The Morgan fingerprint density at radius 1 is 1.40 bits per heavy atom. The second-order valence-corrected chi connectivity index (χ2v) is 6.02. The van der Waals surface area contributed by atoms with Crippen LogP contribution in [0.4, 0.5) is 5.69 Å². The van der Waals surface area contributed by atoms with E-state index < -0.39 is 0 Å². The molecule has 1 aliphatic heterocycles. The molecule has 20 heavy (non-hydrogen) atoms. The van der Waals surface area contributed by atoms with Crippen molar-refractivity contribution in [1.29, 1.82) is 0 Å². The van der Waals surface area contributed by atoms with E-state index in [1.165, 1.54) is 6.07 Å². The molecule has 1 fully saturated rings. The first-order valence-corrected chi connectivity index (χ1v) is 7.37. The maximum absolute atomic E-state index is 12.5. The van der Waals surface area contributed by atoms with Crippen LogP contribution in [0.2, 0.25) is 10.0 Å². The molecule has 1 aromatic rings. The van der Waals surface area contributed by atoms with Crippen LogP contribution in [0.15, 0.2) is 12.1 Å². The number of hydrogen-bond donors (Lipinski definition) is 2. The van der Waals surface area contributed by atoms with E-state index in [9.17, 15) is 9.90 Å². The van der Waals surface area contributed by atoms with Crippen LogP contribution >= 0.6 is 23.2 Å². The molecule has 4 nitrogen and oxygen atoms in total. The average Bonchev–Trinajstić information content (AvgIpc) is 2.42. The SMILES string of the molecule is CC(O)C1CCN(C(=O)c2cc(N)cc(Cl)c2Cl)CC1. The van der Waals surface area contributed by atoms with E-state index in [4.69, 9.17) is 28.9 Å². The number of hydrogen-bond acceptors (Lipinski definition) is 3. The highest BCUT2D eigenvalue weighted by molar-refractivity contribution is 6.44. The first kappa shape index (κ1) is 15.4. The van der Waals surface area contributed by atoms with Gasteiger partial charge in [0.15, 0.2) is 0 Å². The number of nitrogens with zero attached hydrogens (tertiary/aromatic N) is 1. The van der Waals surface area contributed by atoms with E-state index in [0.29, 0.717) is 24.3 Å². The number of nitrogen functional groups attached to an aromatic ring is 1. The number of rotatable bonds is 2. The van der Waals surface area contributed by atoms with Gasteiger partial charge in [-0.2, -0.15) is 0 Å². The molecule has 1 unspecified atom stereocenters. The topological polar surface area (TPSA) is 66.6 Å². The summed E-state index contributed by atoms with van der Waals surface area (Å²) in [5.41, 5.74) is 6.47. The van der Waals surface area contributed by atoms with Gasteiger partial charge in [-0.25, -0.2) is 0 Å². The molecule has 0 spiro atoms. The number of likely N-dealkylation sites (tertiary alicyclic amines) is 1. The fraction of sp³-hybridized carbons (Fsp3) is 0.500. The Balaban J connectivity index is 2.13. The second-order valence-electron chi connectivity index (χ2n) is 5.23. The van der Waals surface area contributed by atoms with Crippen LogP contribution in [-0.4, -0.2) is 35.1 Å². The zero-order chi connectivity index (χ0) is 14.9.